The number of ether oxygens (including phenoxy) is 1. The van der Waals surface area contributed by atoms with Crippen LogP contribution in [-0.4, -0.2) is 69.6 Å². The van der Waals surface area contributed by atoms with E-state index in [4.69, 9.17) is 4.74 Å². The fourth-order valence-corrected chi connectivity index (χ4v) is 8.91. The van der Waals surface area contributed by atoms with Crippen LogP contribution in [0.1, 0.15) is 76.7 Å². The number of carboxylic acid groups (broad SMARTS) is 1. The highest BCUT2D eigenvalue weighted by Gasteiger charge is 2.68. The van der Waals surface area contributed by atoms with E-state index in [0.717, 1.165) is 24.0 Å². The molecule has 1 amide bonds. The van der Waals surface area contributed by atoms with Crippen molar-refractivity contribution in [3.63, 3.8) is 0 Å². The Labute approximate surface area is 262 Å². The highest BCUT2D eigenvalue weighted by atomic mass is 16.5. The van der Waals surface area contributed by atoms with Crippen LogP contribution in [0, 0.1) is 28.6 Å². The Bertz CT molecular complexity index is 1420. The zero-order chi connectivity index (χ0) is 32.6. The van der Waals surface area contributed by atoms with E-state index in [1.807, 2.05) is 19.1 Å². The molecule has 5 unspecified atom stereocenters. The molecule has 0 heterocycles. The molecule has 242 valence electrons. The summed E-state index contributed by atoms with van der Waals surface area (Å²) in [5.41, 5.74) is -1.33. The number of carboxylic acids is 1. The van der Waals surface area contributed by atoms with Crippen LogP contribution in [0.3, 0.4) is 0 Å². The Kier molecular flexibility index (Phi) is 9.20. The molecular formula is C35H43NO9. The molecule has 45 heavy (non-hydrogen) atoms. The number of carbonyl (C=O) groups is 5. The summed E-state index contributed by atoms with van der Waals surface area (Å²) in [6, 6.07) is 8.99. The normalized spacial score (nSPS) is 34.0. The molecule has 1 aromatic rings. The second kappa shape index (κ2) is 12.6. The number of benzene rings is 1. The number of allylic oxidation sites excluding steroid dienone is 4. The number of rotatable bonds is 11. The molecular weight excluding hydrogens is 578 g/mol. The minimum Gasteiger partial charge on any atom is -0.481 e. The Morgan fingerprint density at radius 3 is 2.53 bits per heavy atom. The van der Waals surface area contributed by atoms with Gasteiger partial charge in [0.25, 0.3) is 0 Å². The summed E-state index contributed by atoms with van der Waals surface area (Å²) in [4.78, 5) is 61.7. The zero-order valence-electron chi connectivity index (χ0n) is 25.9. The molecule has 0 radical (unpaired) electrons. The number of nitrogens with one attached hydrogen (secondary N) is 1. The molecule has 1 aromatic carbocycles. The summed E-state index contributed by atoms with van der Waals surface area (Å²) in [6.45, 7) is 3.38. The van der Waals surface area contributed by atoms with Crippen molar-refractivity contribution in [3.05, 3.63) is 59.7 Å². The lowest BCUT2D eigenvalue weighted by molar-refractivity contribution is -0.181. The topological polar surface area (TPSA) is 167 Å². The lowest BCUT2D eigenvalue weighted by Crippen LogP contribution is -2.61. The third-order valence-electron chi connectivity index (χ3n) is 11.3. The molecule has 0 saturated heterocycles. The molecule has 0 aliphatic heterocycles. The van der Waals surface area contributed by atoms with Gasteiger partial charge in [0.1, 0.15) is 5.60 Å². The number of hydrogen-bond donors (Lipinski definition) is 4. The summed E-state index contributed by atoms with van der Waals surface area (Å²) < 4.78 is 5.22. The number of hydrogen-bond acceptors (Lipinski definition) is 8. The maximum absolute atomic E-state index is 13.5. The Morgan fingerprint density at radius 1 is 1.09 bits per heavy atom. The monoisotopic (exact) mass is 621 g/mol. The van der Waals surface area contributed by atoms with Gasteiger partial charge in [0.2, 0.25) is 11.7 Å². The number of aliphatic carboxylic acids is 1. The average molecular weight is 622 g/mol. The SMILES string of the molecule is C[C@]12C=CC(=O)C=C1CCC1C2C(O)C[C@@]2(C)C1CC[C@@]2(O)C(=O)COC(=O)CCC(=O)NCC(CC(=O)O)c1ccccc1. The molecule has 0 spiro atoms. The molecule has 4 N–H and O–H groups in total. The van der Waals surface area contributed by atoms with Gasteiger partial charge in [0, 0.05) is 35.6 Å². The molecule has 10 heteroatoms. The third-order valence-corrected chi connectivity index (χ3v) is 11.3. The summed E-state index contributed by atoms with van der Waals surface area (Å²) in [7, 11) is 0. The van der Waals surface area contributed by atoms with Crippen molar-refractivity contribution in [2.75, 3.05) is 13.2 Å². The Morgan fingerprint density at radius 2 is 1.82 bits per heavy atom. The van der Waals surface area contributed by atoms with Gasteiger partial charge < -0.3 is 25.4 Å². The van der Waals surface area contributed by atoms with Gasteiger partial charge in [-0.15, -0.1) is 0 Å². The van der Waals surface area contributed by atoms with Crippen LogP contribution in [0.15, 0.2) is 54.1 Å². The number of ketones is 2. The standard InChI is InChI=1S/C35H43NO9/c1-33-14-12-24(37)17-23(33)8-9-25-26-13-15-35(44,34(26,2)18-27(38)32(25)33)28(39)20-45-31(43)11-10-29(40)36-19-22(16-30(41)42)21-6-4-3-5-7-21/h3-7,12,14,17,22,25-27,32,38,44H,8-11,13,15-16,18-20H2,1-2H3,(H,36,40)(H,41,42)/t22?,25?,26?,27?,32?,33-,34-,35+/m0/s1. The number of fused-ring (bicyclic) bond motifs is 5. The second-order valence-corrected chi connectivity index (χ2v) is 13.7. The van der Waals surface area contributed by atoms with Crippen molar-refractivity contribution in [2.45, 2.75) is 82.8 Å². The number of aliphatic hydroxyl groups excluding tert-OH is 1. The van der Waals surface area contributed by atoms with E-state index in [2.05, 4.69) is 12.2 Å². The lowest BCUT2D eigenvalue weighted by atomic mass is 9.46. The second-order valence-electron chi connectivity index (χ2n) is 13.7. The van der Waals surface area contributed by atoms with Crippen molar-refractivity contribution in [1.29, 1.82) is 0 Å². The molecule has 0 aromatic heterocycles. The van der Waals surface area contributed by atoms with Crippen LogP contribution < -0.4 is 5.32 Å². The van der Waals surface area contributed by atoms with Crippen LogP contribution in [0.2, 0.25) is 0 Å². The van der Waals surface area contributed by atoms with Crippen LogP contribution in [-0.2, 0) is 28.7 Å². The summed E-state index contributed by atoms with van der Waals surface area (Å²) in [5, 5.41) is 35.3. The number of carbonyl (C=O) groups excluding carboxylic acids is 4. The molecule has 5 rings (SSSR count). The average Bonchev–Trinajstić information content (AvgIpc) is 3.27. The zero-order valence-corrected chi connectivity index (χ0v) is 25.9. The van der Waals surface area contributed by atoms with E-state index in [1.54, 1.807) is 36.4 Å². The molecule has 3 fully saturated rings. The van der Waals surface area contributed by atoms with Crippen LogP contribution >= 0.6 is 0 Å². The molecule has 4 aliphatic rings. The minimum atomic E-state index is -1.77. The fraction of sp³-hybridized carbons (Fsp3) is 0.571. The van der Waals surface area contributed by atoms with E-state index in [0.29, 0.717) is 6.42 Å². The van der Waals surface area contributed by atoms with Crippen molar-refractivity contribution in [2.24, 2.45) is 28.6 Å². The first-order valence-corrected chi connectivity index (χ1v) is 15.9. The molecule has 3 saturated carbocycles. The maximum atomic E-state index is 13.5. The highest BCUT2D eigenvalue weighted by Crippen LogP contribution is 2.67. The van der Waals surface area contributed by atoms with Gasteiger partial charge in [-0.1, -0.05) is 55.8 Å². The van der Waals surface area contributed by atoms with Gasteiger partial charge in [-0.2, -0.15) is 0 Å². The molecule has 10 nitrogen and oxygen atoms in total. The summed E-state index contributed by atoms with van der Waals surface area (Å²) in [5.74, 6) is -3.37. The molecule has 0 bridgehead atoms. The highest BCUT2D eigenvalue weighted by molar-refractivity contribution is 6.01. The largest absolute Gasteiger partial charge is 0.481 e. The molecule has 4 aliphatic carbocycles. The van der Waals surface area contributed by atoms with Gasteiger partial charge in [-0.25, -0.2) is 0 Å². The predicted octanol–water partition coefficient (Wildman–Crippen LogP) is 3.26. The van der Waals surface area contributed by atoms with Gasteiger partial charge in [-0.05, 0) is 61.7 Å². The van der Waals surface area contributed by atoms with E-state index < -0.39 is 58.7 Å². The minimum absolute atomic E-state index is 0.0236. The van der Waals surface area contributed by atoms with Crippen molar-refractivity contribution >= 4 is 29.4 Å². The van der Waals surface area contributed by atoms with Crippen molar-refractivity contribution in [1.82, 2.24) is 5.32 Å². The number of aliphatic hydroxyl groups is 2. The van der Waals surface area contributed by atoms with E-state index >= 15 is 0 Å². The van der Waals surface area contributed by atoms with Gasteiger partial charge in [-0.3, -0.25) is 24.0 Å². The first-order chi connectivity index (χ1) is 21.3. The predicted molar refractivity (Wildman–Crippen MR) is 163 cm³/mol. The fourth-order valence-electron chi connectivity index (χ4n) is 8.91. The third kappa shape index (κ3) is 6.14. The first kappa shape index (κ1) is 32.8. The molecule has 8 atom stereocenters. The van der Waals surface area contributed by atoms with Crippen LogP contribution in [0.5, 0.6) is 0 Å². The smallest absolute Gasteiger partial charge is 0.306 e. The van der Waals surface area contributed by atoms with E-state index in [9.17, 15) is 39.3 Å². The van der Waals surface area contributed by atoms with Crippen LogP contribution in [0.4, 0.5) is 0 Å². The van der Waals surface area contributed by atoms with Crippen molar-refractivity contribution in [3.8, 4) is 0 Å². The quantitative estimate of drug-likeness (QED) is 0.271. The van der Waals surface area contributed by atoms with Gasteiger partial charge >= 0.3 is 11.9 Å². The number of Topliss-reactive ketones (excluding diaryl/α,β-unsaturated/α-hetero) is 1. The van der Waals surface area contributed by atoms with E-state index in [-0.39, 0.29) is 62.2 Å². The number of amides is 1. The maximum Gasteiger partial charge on any atom is 0.306 e. The van der Waals surface area contributed by atoms with E-state index in [1.165, 1.54) is 0 Å². The first-order valence-electron chi connectivity index (χ1n) is 15.9. The Hall–Kier alpha value is -3.63. The Balaban J connectivity index is 1.14. The van der Waals surface area contributed by atoms with Crippen molar-refractivity contribution < 1.29 is 44.0 Å². The summed E-state index contributed by atoms with van der Waals surface area (Å²) in [6.07, 6.45) is 6.23. The van der Waals surface area contributed by atoms with Gasteiger partial charge in [0.05, 0.1) is 18.9 Å². The van der Waals surface area contributed by atoms with Gasteiger partial charge in [0.15, 0.2) is 12.4 Å². The van der Waals surface area contributed by atoms with Crippen LogP contribution in [0.25, 0.3) is 0 Å². The number of esters is 1. The summed E-state index contributed by atoms with van der Waals surface area (Å²) >= 11 is 0. The lowest BCUT2D eigenvalue weighted by Gasteiger charge is -2.59.